The van der Waals surface area contributed by atoms with Crippen LogP contribution in [0.1, 0.15) is 23.9 Å². The number of hydrogen-bond donors (Lipinski definition) is 1. The van der Waals surface area contributed by atoms with Crippen molar-refractivity contribution in [1.82, 2.24) is 19.4 Å². The van der Waals surface area contributed by atoms with Crippen molar-refractivity contribution in [2.75, 3.05) is 0 Å². The Balaban J connectivity index is 1.94. The van der Waals surface area contributed by atoms with Gasteiger partial charge in [-0.2, -0.15) is 5.26 Å². The number of aromatic nitrogens is 3. The van der Waals surface area contributed by atoms with E-state index < -0.39 is 0 Å². The molecule has 0 unspecified atom stereocenters. The molecule has 0 spiro atoms. The monoisotopic (exact) mass is 257 g/mol. The van der Waals surface area contributed by atoms with Crippen molar-refractivity contribution in [1.29, 1.82) is 5.26 Å². The van der Waals surface area contributed by atoms with E-state index in [4.69, 9.17) is 5.26 Å². The highest BCUT2D eigenvalue weighted by atomic mass is 15.1. The molecule has 0 amide bonds. The minimum atomic E-state index is 0.347. The molecule has 2 aromatic heterocycles. The molecule has 0 aliphatic rings. The van der Waals surface area contributed by atoms with Crippen LogP contribution >= 0.6 is 0 Å². The van der Waals surface area contributed by atoms with Gasteiger partial charge in [0.05, 0.1) is 6.33 Å². The maximum atomic E-state index is 9.00. The zero-order valence-electron chi connectivity index (χ0n) is 11.6. The van der Waals surface area contributed by atoms with Crippen molar-refractivity contribution in [3.63, 3.8) is 0 Å². The van der Waals surface area contributed by atoms with Crippen molar-refractivity contribution < 1.29 is 0 Å². The van der Waals surface area contributed by atoms with E-state index in [-0.39, 0.29) is 0 Å². The summed E-state index contributed by atoms with van der Waals surface area (Å²) in [6.45, 7) is 5.84. The summed E-state index contributed by atoms with van der Waals surface area (Å²) < 4.78 is 3.98. The van der Waals surface area contributed by atoms with Crippen LogP contribution in [0.5, 0.6) is 0 Å². The number of nitrogens with zero attached hydrogens (tertiary/aromatic N) is 4. The summed E-state index contributed by atoms with van der Waals surface area (Å²) in [5, 5.41) is 12.5. The number of nitriles is 1. The van der Waals surface area contributed by atoms with Crippen LogP contribution in [-0.4, -0.2) is 20.2 Å². The van der Waals surface area contributed by atoms with Gasteiger partial charge in [0.1, 0.15) is 11.8 Å². The highest BCUT2D eigenvalue weighted by molar-refractivity contribution is 5.34. The molecule has 0 saturated carbocycles. The lowest BCUT2D eigenvalue weighted by atomic mass is 10.2. The van der Waals surface area contributed by atoms with E-state index in [1.807, 2.05) is 37.1 Å². The lowest BCUT2D eigenvalue weighted by molar-refractivity contribution is 0.475. The topological polar surface area (TPSA) is 58.6 Å². The van der Waals surface area contributed by atoms with Gasteiger partial charge >= 0.3 is 0 Å². The lowest BCUT2D eigenvalue weighted by Crippen LogP contribution is -2.29. The third kappa shape index (κ3) is 3.04. The van der Waals surface area contributed by atoms with E-state index in [1.54, 1.807) is 6.20 Å². The second-order valence-electron chi connectivity index (χ2n) is 4.85. The van der Waals surface area contributed by atoms with E-state index in [2.05, 4.69) is 27.9 Å². The zero-order chi connectivity index (χ0) is 13.8. The minimum absolute atomic E-state index is 0.347. The van der Waals surface area contributed by atoms with Gasteiger partial charge in [0, 0.05) is 44.3 Å². The maximum Gasteiger partial charge on any atom is 0.120 e. The van der Waals surface area contributed by atoms with Gasteiger partial charge in [-0.1, -0.05) is 0 Å². The molecule has 0 radical (unpaired) electrons. The molecule has 19 heavy (non-hydrogen) atoms. The van der Waals surface area contributed by atoms with Gasteiger partial charge in [0.2, 0.25) is 0 Å². The highest BCUT2D eigenvalue weighted by Crippen LogP contribution is 2.13. The Bertz CT molecular complexity index is 574. The highest BCUT2D eigenvalue weighted by Gasteiger charge is 2.09. The molecule has 1 atom stereocenters. The summed E-state index contributed by atoms with van der Waals surface area (Å²) in [6.07, 6.45) is 5.56. The second-order valence-corrected chi connectivity index (χ2v) is 4.85. The van der Waals surface area contributed by atoms with Gasteiger partial charge in [0.15, 0.2) is 0 Å². The van der Waals surface area contributed by atoms with E-state index in [1.165, 1.54) is 5.56 Å². The number of nitrogens with one attached hydrogen (secondary N) is 1. The Morgan fingerprint density at radius 1 is 1.53 bits per heavy atom. The van der Waals surface area contributed by atoms with Crippen LogP contribution in [0.3, 0.4) is 0 Å². The molecule has 5 heteroatoms. The van der Waals surface area contributed by atoms with Gasteiger partial charge in [-0.15, -0.1) is 0 Å². The Morgan fingerprint density at radius 3 is 2.89 bits per heavy atom. The molecule has 1 N–H and O–H groups in total. The first-order valence-corrected chi connectivity index (χ1v) is 6.36. The third-order valence-electron chi connectivity index (χ3n) is 3.44. The summed E-state index contributed by atoms with van der Waals surface area (Å²) in [6, 6.07) is 4.50. The first-order chi connectivity index (χ1) is 9.11. The smallest absolute Gasteiger partial charge is 0.120 e. The van der Waals surface area contributed by atoms with Crippen LogP contribution in [0.15, 0.2) is 24.8 Å². The molecular weight excluding hydrogens is 238 g/mol. The average molecular weight is 257 g/mol. The van der Waals surface area contributed by atoms with Gasteiger partial charge in [-0.05, 0) is 25.5 Å². The zero-order valence-corrected chi connectivity index (χ0v) is 11.6. The molecule has 2 rings (SSSR count). The van der Waals surface area contributed by atoms with Crippen LogP contribution in [0.4, 0.5) is 0 Å². The quantitative estimate of drug-likeness (QED) is 0.884. The Kier molecular flexibility index (Phi) is 4.03. The molecule has 2 aromatic rings. The molecule has 0 saturated heterocycles. The van der Waals surface area contributed by atoms with Crippen molar-refractivity contribution in [2.45, 2.75) is 33.0 Å². The molecule has 0 aliphatic carbocycles. The van der Waals surface area contributed by atoms with Crippen LogP contribution in [0.2, 0.25) is 0 Å². The fraction of sp³-hybridized carbons (Fsp3) is 0.429. The maximum absolute atomic E-state index is 9.00. The second kappa shape index (κ2) is 5.72. The minimum Gasteiger partial charge on any atom is -0.340 e. The lowest BCUT2D eigenvalue weighted by Gasteiger charge is -2.14. The summed E-state index contributed by atoms with van der Waals surface area (Å²) in [7, 11) is 1.92. The molecule has 0 aliphatic heterocycles. The van der Waals surface area contributed by atoms with E-state index >= 15 is 0 Å². The Morgan fingerprint density at radius 2 is 2.32 bits per heavy atom. The number of hydrogen-bond acceptors (Lipinski definition) is 3. The molecule has 5 nitrogen and oxygen atoms in total. The molecular formula is C14H19N5. The summed E-state index contributed by atoms with van der Waals surface area (Å²) >= 11 is 0. The largest absolute Gasteiger partial charge is 0.340 e. The van der Waals surface area contributed by atoms with Crippen molar-refractivity contribution in [3.8, 4) is 6.07 Å². The molecule has 100 valence electrons. The number of rotatable bonds is 5. The predicted octanol–water partition coefficient (Wildman–Crippen LogP) is 1.58. The van der Waals surface area contributed by atoms with Crippen LogP contribution in [-0.2, 0) is 20.1 Å². The van der Waals surface area contributed by atoms with E-state index in [0.29, 0.717) is 11.7 Å². The Labute approximate surface area is 113 Å². The summed E-state index contributed by atoms with van der Waals surface area (Å²) in [4.78, 5) is 4.03. The summed E-state index contributed by atoms with van der Waals surface area (Å²) in [5.74, 6) is 0. The molecule has 0 fully saturated rings. The van der Waals surface area contributed by atoms with Crippen molar-refractivity contribution in [3.05, 3.63) is 41.7 Å². The summed E-state index contributed by atoms with van der Waals surface area (Å²) in [5.41, 5.74) is 3.02. The van der Waals surface area contributed by atoms with Gasteiger partial charge in [-0.3, -0.25) is 0 Å². The van der Waals surface area contributed by atoms with E-state index in [9.17, 15) is 0 Å². The fourth-order valence-corrected chi connectivity index (χ4v) is 2.11. The fourth-order valence-electron chi connectivity index (χ4n) is 2.11. The predicted molar refractivity (Wildman–Crippen MR) is 73.4 cm³/mol. The van der Waals surface area contributed by atoms with Crippen LogP contribution < -0.4 is 5.32 Å². The SMILES string of the molecule is Cc1c(CN[C@H](C)Cn2ccnc2)cc(C#N)n1C. The van der Waals surface area contributed by atoms with Crippen molar-refractivity contribution >= 4 is 0 Å². The average Bonchev–Trinajstić information content (AvgIpc) is 2.98. The van der Waals surface area contributed by atoms with Crippen molar-refractivity contribution in [2.24, 2.45) is 7.05 Å². The first-order valence-electron chi connectivity index (χ1n) is 6.36. The molecule has 0 aromatic carbocycles. The Hall–Kier alpha value is -2.06. The molecule has 2 heterocycles. The number of imidazole rings is 1. The third-order valence-corrected chi connectivity index (χ3v) is 3.44. The molecule has 0 bridgehead atoms. The van der Waals surface area contributed by atoms with Gasteiger partial charge < -0.3 is 14.5 Å². The first kappa shape index (κ1) is 13.4. The van der Waals surface area contributed by atoms with E-state index in [0.717, 1.165) is 18.8 Å². The van der Waals surface area contributed by atoms with Gasteiger partial charge in [0.25, 0.3) is 0 Å². The van der Waals surface area contributed by atoms with Gasteiger partial charge in [-0.25, -0.2) is 4.98 Å². The van der Waals surface area contributed by atoms with Crippen LogP contribution in [0.25, 0.3) is 0 Å². The normalized spacial score (nSPS) is 12.3. The standard InChI is InChI=1S/C14H19N5/c1-11(9-19-5-4-16-10-19)17-8-13-6-14(7-15)18(3)12(13)2/h4-6,10-11,17H,8-9H2,1-3H3/t11-/m1/s1. The van der Waals surface area contributed by atoms with Crippen LogP contribution in [0, 0.1) is 18.3 Å².